The standard InChI is InChI=1S/C22H28BrN5O2/c1-22(2,3)30-21(29)27-7-5-15(6-8-27)12-28-14-18(16-10-25-26(4)13-16)17-9-20(23)24-11-19(17)28/h9-11,13-15H,5-8,12H2,1-4H3. The van der Waals surface area contributed by atoms with E-state index in [4.69, 9.17) is 4.74 Å². The fraction of sp³-hybridized carbons (Fsp3) is 0.500. The van der Waals surface area contributed by atoms with Gasteiger partial charge in [0.05, 0.1) is 17.9 Å². The lowest BCUT2D eigenvalue weighted by molar-refractivity contribution is 0.0178. The number of fused-ring (bicyclic) bond motifs is 1. The maximum absolute atomic E-state index is 12.3. The molecule has 4 rings (SSSR count). The van der Waals surface area contributed by atoms with Gasteiger partial charge in [0.2, 0.25) is 0 Å². The van der Waals surface area contributed by atoms with E-state index in [1.54, 1.807) is 0 Å². The Morgan fingerprint density at radius 3 is 2.60 bits per heavy atom. The molecule has 0 radical (unpaired) electrons. The Labute approximate surface area is 185 Å². The van der Waals surface area contributed by atoms with Crippen LogP contribution in [0.3, 0.4) is 0 Å². The minimum atomic E-state index is -0.456. The van der Waals surface area contributed by atoms with Gasteiger partial charge in [-0.05, 0) is 61.5 Å². The third kappa shape index (κ3) is 4.53. The zero-order valence-corrected chi connectivity index (χ0v) is 19.5. The molecule has 1 aliphatic rings. The number of carbonyl (C=O) groups is 1. The molecular formula is C22H28BrN5O2. The van der Waals surface area contributed by atoms with E-state index in [1.165, 1.54) is 0 Å². The van der Waals surface area contributed by atoms with Crippen molar-refractivity contribution in [3.05, 3.63) is 35.5 Å². The molecule has 0 saturated carbocycles. The van der Waals surface area contributed by atoms with Crippen LogP contribution >= 0.6 is 15.9 Å². The van der Waals surface area contributed by atoms with E-state index in [2.05, 4.69) is 42.8 Å². The summed E-state index contributed by atoms with van der Waals surface area (Å²) in [4.78, 5) is 18.6. The fourth-order valence-electron chi connectivity index (χ4n) is 4.01. The van der Waals surface area contributed by atoms with Crippen LogP contribution in [0.1, 0.15) is 33.6 Å². The zero-order valence-electron chi connectivity index (χ0n) is 17.9. The van der Waals surface area contributed by atoms with Gasteiger partial charge >= 0.3 is 6.09 Å². The number of piperidine rings is 1. The van der Waals surface area contributed by atoms with Crippen LogP contribution in [0.15, 0.2) is 35.5 Å². The van der Waals surface area contributed by atoms with Crippen LogP contribution < -0.4 is 0 Å². The third-order valence-corrected chi connectivity index (χ3v) is 5.90. The molecule has 0 bridgehead atoms. The van der Waals surface area contributed by atoms with Crippen LogP contribution in [0.4, 0.5) is 4.79 Å². The number of halogens is 1. The van der Waals surface area contributed by atoms with Gasteiger partial charge in [0, 0.05) is 55.6 Å². The molecule has 0 unspecified atom stereocenters. The Balaban J connectivity index is 1.51. The maximum Gasteiger partial charge on any atom is 0.410 e. The van der Waals surface area contributed by atoms with Crippen LogP contribution in [-0.2, 0) is 18.3 Å². The number of nitrogens with zero attached hydrogens (tertiary/aromatic N) is 5. The Bertz CT molecular complexity index is 1060. The maximum atomic E-state index is 12.3. The predicted octanol–water partition coefficient (Wildman–Crippen LogP) is 4.85. The number of rotatable bonds is 3. The van der Waals surface area contributed by atoms with Crippen molar-refractivity contribution in [2.45, 2.75) is 45.8 Å². The molecule has 8 heteroatoms. The van der Waals surface area contributed by atoms with Crippen LogP contribution in [0.25, 0.3) is 22.0 Å². The van der Waals surface area contributed by atoms with Crippen molar-refractivity contribution >= 4 is 32.9 Å². The van der Waals surface area contributed by atoms with Gasteiger partial charge < -0.3 is 14.2 Å². The summed E-state index contributed by atoms with van der Waals surface area (Å²) in [5.74, 6) is 0.504. The van der Waals surface area contributed by atoms with Crippen LogP contribution in [-0.4, -0.2) is 49.0 Å². The van der Waals surface area contributed by atoms with E-state index in [9.17, 15) is 4.79 Å². The summed E-state index contributed by atoms with van der Waals surface area (Å²) < 4.78 is 10.5. The summed E-state index contributed by atoms with van der Waals surface area (Å²) in [5.41, 5.74) is 2.92. The highest BCUT2D eigenvalue weighted by Crippen LogP contribution is 2.33. The van der Waals surface area contributed by atoms with Gasteiger partial charge in [-0.15, -0.1) is 0 Å². The van der Waals surface area contributed by atoms with Crippen molar-refractivity contribution in [3.8, 4) is 11.1 Å². The number of carbonyl (C=O) groups excluding carboxylic acids is 1. The number of hydrogen-bond acceptors (Lipinski definition) is 4. The number of pyridine rings is 1. The van der Waals surface area contributed by atoms with Crippen LogP contribution in [0.2, 0.25) is 0 Å². The molecule has 30 heavy (non-hydrogen) atoms. The molecule has 1 amide bonds. The number of likely N-dealkylation sites (tertiary alicyclic amines) is 1. The van der Waals surface area contributed by atoms with Crippen molar-refractivity contribution in [1.29, 1.82) is 0 Å². The highest BCUT2D eigenvalue weighted by molar-refractivity contribution is 9.10. The topological polar surface area (TPSA) is 65.2 Å². The summed E-state index contributed by atoms with van der Waals surface area (Å²) in [7, 11) is 1.93. The molecule has 0 spiro atoms. The Morgan fingerprint density at radius 1 is 1.23 bits per heavy atom. The minimum Gasteiger partial charge on any atom is -0.444 e. The average molecular weight is 474 g/mol. The van der Waals surface area contributed by atoms with Crippen LogP contribution in [0, 0.1) is 5.92 Å². The van der Waals surface area contributed by atoms with E-state index in [1.807, 2.05) is 56.0 Å². The smallest absolute Gasteiger partial charge is 0.410 e. The quantitative estimate of drug-likeness (QED) is 0.510. The summed E-state index contributed by atoms with van der Waals surface area (Å²) in [5, 5.41) is 5.49. The highest BCUT2D eigenvalue weighted by Gasteiger charge is 2.27. The predicted molar refractivity (Wildman–Crippen MR) is 120 cm³/mol. The third-order valence-electron chi connectivity index (χ3n) is 5.47. The largest absolute Gasteiger partial charge is 0.444 e. The first-order valence-electron chi connectivity index (χ1n) is 10.3. The molecule has 160 valence electrons. The van der Waals surface area contributed by atoms with Gasteiger partial charge in [-0.1, -0.05) is 0 Å². The zero-order chi connectivity index (χ0) is 21.5. The minimum absolute atomic E-state index is 0.208. The number of aryl methyl sites for hydroxylation is 1. The second-order valence-electron chi connectivity index (χ2n) is 9.03. The van der Waals surface area contributed by atoms with Crippen molar-refractivity contribution in [2.75, 3.05) is 13.1 Å². The fourth-order valence-corrected chi connectivity index (χ4v) is 4.34. The first-order chi connectivity index (χ1) is 14.2. The molecule has 4 heterocycles. The lowest BCUT2D eigenvalue weighted by Crippen LogP contribution is -2.42. The molecule has 0 atom stereocenters. The van der Waals surface area contributed by atoms with Gasteiger partial charge in [0.15, 0.2) is 0 Å². The number of aromatic nitrogens is 4. The molecular weight excluding hydrogens is 446 g/mol. The molecule has 1 aliphatic heterocycles. The first-order valence-corrected chi connectivity index (χ1v) is 11.1. The summed E-state index contributed by atoms with van der Waals surface area (Å²) in [6.07, 6.45) is 9.78. The van der Waals surface area contributed by atoms with Gasteiger partial charge in [-0.25, -0.2) is 9.78 Å². The molecule has 7 nitrogen and oxygen atoms in total. The first kappa shape index (κ1) is 20.9. The summed E-state index contributed by atoms with van der Waals surface area (Å²) in [6, 6.07) is 2.07. The molecule has 0 N–H and O–H groups in total. The van der Waals surface area contributed by atoms with Crippen LogP contribution in [0.5, 0.6) is 0 Å². The van der Waals surface area contributed by atoms with E-state index in [0.29, 0.717) is 5.92 Å². The number of ether oxygens (including phenoxy) is 1. The van der Waals surface area contributed by atoms with E-state index >= 15 is 0 Å². The van der Waals surface area contributed by atoms with Crippen molar-refractivity contribution in [2.24, 2.45) is 13.0 Å². The molecule has 3 aromatic rings. The molecule has 1 saturated heterocycles. The van der Waals surface area contributed by atoms with Gasteiger partial charge in [-0.2, -0.15) is 5.10 Å². The van der Waals surface area contributed by atoms with E-state index in [0.717, 1.165) is 59.1 Å². The molecule has 0 aliphatic carbocycles. The van der Waals surface area contributed by atoms with E-state index in [-0.39, 0.29) is 6.09 Å². The van der Waals surface area contributed by atoms with Crippen molar-refractivity contribution in [3.63, 3.8) is 0 Å². The molecule has 1 fully saturated rings. The Hall–Kier alpha value is -2.35. The Morgan fingerprint density at radius 2 is 1.97 bits per heavy atom. The van der Waals surface area contributed by atoms with Gasteiger partial charge in [0.1, 0.15) is 10.2 Å². The lowest BCUT2D eigenvalue weighted by atomic mass is 9.97. The molecule has 0 aromatic carbocycles. The summed E-state index contributed by atoms with van der Waals surface area (Å²) in [6.45, 7) is 8.08. The van der Waals surface area contributed by atoms with Crippen molar-refractivity contribution in [1.82, 2.24) is 24.2 Å². The normalized spacial score (nSPS) is 15.7. The number of amides is 1. The van der Waals surface area contributed by atoms with E-state index < -0.39 is 5.60 Å². The second-order valence-corrected chi connectivity index (χ2v) is 9.85. The molecule has 3 aromatic heterocycles. The second kappa shape index (κ2) is 8.06. The van der Waals surface area contributed by atoms with Gasteiger partial charge in [-0.3, -0.25) is 4.68 Å². The van der Waals surface area contributed by atoms with Gasteiger partial charge in [0.25, 0.3) is 0 Å². The monoisotopic (exact) mass is 473 g/mol. The number of hydrogen-bond donors (Lipinski definition) is 0. The summed E-state index contributed by atoms with van der Waals surface area (Å²) >= 11 is 3.50. The Kier molecular flexibility index (Phi) is 5.61. The lowest BCUT2D eigenvalue weighted by Gasteiger charge is -2.33. The average Bonchev–Trinajstić information content (AvgIpc) is 3.24. The SMILES string of the molecule is Cn1cc(-c2cn(CC3CCN(C(=O)OC(C)(C)C)CC3)c3cnc(Br)cc23)cn1. The highest BCUT2D eigenvalue weighted by atomic mass is 79.9. The van der Waals surface area contributed by atoms with Crippen molar-refractivity contribution < 1.29 is 9.53 Å².